The van der Waals surface area contributed by atoms with E-state index < -0.39 is 29.2 Å². The number of nitrogens with one attached hydrogen (secondary N) is 1. The Morgan fingerprint density at radius 3 is 2.41 bits per heavy atom. The third-order valence-electron chi connectivity index (χ3n) is 2.89. The maximum atomic E-state index is 12.8. The molecule has 1 saturated heterocycles. The molecular weight excluding hydrogens is 252 g/mol. The van der Waals surface area contributed by atoms with Gasteiger partial charge in [-0.25, -0.2) is 8.78 Å². The zero-order valence-electron chi connectivity index (χ0n) is 9.83. The van der Waals surface area contributed by atoms with E-state index in [4.69, 9.17) is 5.73 Å². The molecule has 5 nitrogen and oxygen atoms in total. The number of halogens is 2. The maximum Gasteiger partial charge on any atom is 0.279 e. The highest BCUT2D eigenvalue weighted by Gasteiger charge is 2.32. The van der Waals surface area contributed by atoms with Crippen LogP contribution in [-0.2, 0) is 10.2 Å². The number of alkyl halides is 2. The van der Waals surface area contributed by atoms with Crippen molar-refractivity contribution in [2.75, 3.05) is 26.2 Å². The monoisotopic (exact) mass is 271 g/mol. The number of hydrogen-bond acceptors (Lipinski definition) is 3. The second-order valence-electron chi connectivity index (χ2n) is 4.47. The molecule has 1 aliphatic heterocycles. The molecule has 0 atom stereocenters. The Balaban J connectivity index is 2.51. The van der Waals surface area contributed by atoms with Crippen LogP contribution in [0.4, 0.5) is 8.78 Å². The second kappa shape index (κ2) is 5.55. The van der Waals surface area contributed by atoms with Crippen molar-refractivity contribution < 1.29 is 17.2 Å². The first-order valence-electron chi connectivity index (χ1n) is 5.59. The first kappa shape index (κ1) is 14.7. The highest BCUT2D eigenvalue weighted by Crippen LogP contribution is 2.18. The van der Waals surface area contributed by atoms with Crippen molar-refractivity contribution in [1.82, 2.24) is 9.03 Å². The minimum absolute atomic E-state index is 0.380. The van der Waals surface area contributed by atoms with Crippen LogP contribution in [0.1, 0.15) is 19.8 Å². The van der Waals surface area contributed by atoms with Crippen molar-refractivity contribution in [1.29, 1.82) is 0 Å². The zero-order chi connectivity index (χ0) is 13.1. The van der Waals surface area contributed by atoms with Gasteiger partial charge in [0.05, 0.1) is 13.1 Å². The molecule has 0 aromatic rings. The van der Waals surface area contributed by atoms with Gasteiger partial charge in [-0.3, -0.25) is 0 Å². The molecule has 0 aromatic carbocycles. The van der Waals surface area contributed by atoms with Crippen LogP contribution in [0, 0.1) is 5.92 Å². The molecule has 1 aliphatic rings. The van der Waals surface area contributed by atoms with E-state index in [1.54, 1.807) is 0 Å². The SMILES string of the molecule is CC1CCN(S(=O)(=O)NCC(F)(F)CN)CC1. The van der Waals surface area contributed by atoms with Crippen molar-refractivity contribution in [3.63, 3.8) is 0 Å². The molecule has 3 N–H and O–H groups in total. The summed E-state index contributed by atoms with van der Waals surface area (Å²) in [4.78, 5) is 0. The Bertz CT molecular complexity index is 340. The summed E-state index contributed by atoms with van der Waals surface area (Å²) < 4.78 is 52.2. The van der Waals surface area contributed by atoms with Crippen molar-refractivity contribution in [2.45, 2.75) is 25.7 Å². The minimum Gasteiger partial charge on any atom is -0.325 e. The van der Waals surface area contributed by atoms with Gasteiger partial charge in [-0.2, -0.15) is 17.4 Å². The zero-order valence-corrected chi connectivity index (χ0v) is 10.6. The van der Waals surface area contributed by atoms with Gasteiger partial charge < -0.3 is 5.73 Å². The molecule has 0 aromatic heterocycles. The van der Waals surface area contributed by atoms with Gasteiger partial charge in [0.1, 0.15) is 0 Å². The van der Waals surface area contributed by atoms with E-state index in [1.807, 2.05) is 11.6 Å². The van der Waals surface area contributed by atoms with Gasteiger partial charge >= 0.3 is 0 Å². The Morgan fingerprint density at radius 1 is 1.41 bits per heavy atom. The highest BCUT2D eigenvalue weighted by molar-refractivity contribution is 7.87. The van der Waals surface area contributed by atoms with Crippen LogP contribution in [0.5, 0.6) is 0 Å². The standard InChI is InChI=1S/C9H19F2N3O2S/c1-8-2-4-14(5-3-8)17(15,16)13-7-9(10,11)6-12/h8,13H,2-7,12H2,1H3. The Hall–Kier alpha value is -0.310. The molecule has 17 heavy (non-hydrogen) atoms. The average molecular weight is 271 g/mol. The summed E-state index contributed by atoms with van der Waals surface area (Å²) in [6.07, 6.45) is 1.52. The lowest BCUT2D eigenvalue weighted by atomic mass is 10.0. The number of nitrogens with two attached hydrogens (primary N) is 1. The van der Waals surface area contributed by atoms with Gasteiger partial charge in [0.15, 0.2) is 0 Å². The van der Waals surface area contributed by atoms with Crippen LogP contribution < -0.4 is 10.5 Å². The predicted molar refractivity (Wildman–Crippen MR) is 60.9 cm³/mol. The van der Waals surface area contributed by atoms with E-state index >= 15 is 0 Å². The lowest BCUT2D eigenvalue weighted by molar-refractivity contribution is 0.0166. The number of hydrogen-bond donors (Lipinski definition) is 2. The molecule has 102 valence electrons. The van der Waals surface area contributed by atoms with Gasteiger partial charge in [0.2, 0.25) is 0 Å². The maximum absolute atomic E-state index is 12.8. The highest BCUT2D eigenvalue weighted by atomic mass is 32.2. The third kappa shape index (κ3) is 4.46. The number of rotatable bonds is 5. The fraction of sp³-hybridized carbons (Fsp3) is 1.00. The van der Waals surface area contributed by atoms with Crippen molar-refractivity contribution >= 4 is 10.2 Å². The Morgan fingerprint density at radius 2 is 1.94 bits per heavy atom. The summed E-state index contributed by atoms with van der Waals surface area (Å²) in [6.45, 7) is 0.986. The summed E-state index contributed by atoms with van der Waals surface area (Å²) in [5, 5.41) is 0. The lowest BCUT2D eigenvalue weighted by Crippen LogP contribution is -2.49. The fourth-order valence-corrected chi connectivity index (χ4v) is 2.85. The molecule has 1 fully saturated rings. The summed E-state index contributed by atoms with van der Waals surface area (Å²) in [5.41, 5.74) is 4.83. The van der Waals surface area contributed by atoms with Gasteiger partial charge in [0.25, 0.3) is 16.1 Å². The molecule has 1 heterocycles. The largest absolute Gasteiger partial charge is 0.325 e. The first-order valence-corrected chi connectivity index (χ1v) is 7.03. The van der Waals surface area contributed by atoms with Gasteiger partial charge in [0, 0.05) is 13.1 Å². The van der Waals surface area contributed by atoms with Crippen LogP contribution in [0.3, 0.4) is 0 Å². The van der Waals surface area contributed by atoms with Crippen LogP contribution >= 0.6 is 0 Å². The Kier molecular flexibility index (Phi) is 4.82. The molecule has 0 saturated carbocycles. The van der Waals surface area contributed by atoms with Gasteiger partial charge in [-0.1, -0.05) is 6.92 Å². The van der Waals surface area contributed by atoms with E-state index in [0.29, 0.717) is 19.0 Å². The molecular formula is C9H19F2N3O2S. The van der Waals surface area contributed by atoms with Crippen molar-refractivity contribution in [3.8, 4) is 0 Å². The topological polar surface area (TPSA) is 75.4 Å². The van der Waals surface area contributed by atoms with E-state index in [9.17, 15) is 17.2 Å². The summed E-state index contributed by atoms with van der Waals surface area (Å²) in [7, 11) is -3.80. The lowest BCUT2D eigenvalue weighted by Gasteiger charge is -2.29. The predicted octanol–water partition coefficient (Wildman–Crippen LogP) is 0.147. The summed E-state index contributed by atoms with van der Waals surface area (Å²) in [5.74, 6) is -2.72. The molecule has 0 unspecified atom stereocenters. The van der Waals surface area contributed by atoms with E-state index in [1.165, 1.54) is 4.31 Å². The molecule has 0 aliphatic carbocycles. The Labute approximate surface area is 101 Å². The van der Waals surface area contributed by atoms with Crippen LogP contribution in [0.25, 0.3) is 0 Å². The molecule has 0 amide bonds. The van der Waals surface area contributed by atoms with Crippen LogP contribution in [0.15, 0.2) is 0 Å². The number of piperidine rings is 1. The second-order valence-corrected chi connectivity index (χ2v) is 6.22. The molecule has 0 radical (unpaired) electrons. The van der Waals surface area contributed by atoms with E-state index in [2.05, 4.69) is 0 Å². The molecule has 0 bridgehead atoms. The van der Waals surface area contributed by atoms with Crippen LogP contribution in [0.2, 0.25) is 0 Å². The first-order chi connectivity index (χ1) is 7.77. The number of nitrogens with zero attached hydrogens (tertiary/aromatic N) is 1. The fourth-order valence-electron chi connectivity index (χ4n) is 1.59. The smallest absolute Gasteiger partial charge is 0.279 e. The third-order valence-corrected chi connectivity index (χ3v) is 4.45. The summed E-state index contributed by atoms with van der Waals surface area (Å²) >= 11 is 0. The van der Waals surface area contributed by atoms with E-state index in [-0.39, 0.29) is 0 Å². The van der Waals surface area contributed by atoms with Gasteiger partial charge in [-0.15, -0.1) is 0 Å². The van der Waals surface area contributed by atoms with Gasteiger partial charge in [-0.05, 0) is 18.8 Å². The molecule has 0 spiro atoms. The van der Waals surface area contributed by atoms with E-state index in [0.717, 1.165) is 12.8 Å². The average Bonchev–Trinajstić information content (AvgIpc) is 2.27. The van der Waals surface area contributed by atoms with Crippen molar-refractivity contribution in [3.05, 3.63) is 0 Å². The normalized spacial score (nSPS) is 20.7. The quantitative estimate of drug-likeness (QED) is 0.747. The van der Waals surface area contributed by atoms with Crippen molar-refractivity contribution in [2.24, 2.45) is 11.7 Å². The molecule has 1 rings (SSSR count). The molecule has 8 heteroatoms. The van der Waals surface area contributed by atoms with Crippen LogP contribution in [-0.4, -0.2) is 44.8 Å². The summed E-state index contributed by atoms with van der Waals surface area (Å²) in [6, 6.07) is 0. The minimum atomic E-state index is -3.80.